The van der Waals surface area contributed by atoms with Gasteiger partial charge in [0.25, 0.3) is 0 Å². The molecule has 0 radical (unpaired) electrons. The van der Waals surface area contributed by atoms with Gasteiger partial charge in [0.15, 0.2) is 0 Å². The average Bonchev–Trinajstić information content (AvgIpc) is 2.62. The van der Waals surface area contributed by atoms with Crippen LogP contribution >= 0.6 is 0 Å². The lowest BCUT2D eigenvalue weighted by Gasteiger charge is -2.12. The monoisotopic (exact) mass is 280 g/mol. The molecule has 4 aromatic carbocycles. The molecule has 104 valence electrons. The summed E-state index contributed by atoms with van der Waals surface area (Å²) < 4.78 is 0. The first kappa shape index (κ1) is 12.8. The van der Waals surface area contributed by atoms with Gasteiger partial charge in [-0.15, -0.1) is 0 Å². The van der Waals surface area contributed by atoms with E-state index in [1.807, 2.05) is 0 Å². The van der Waals surface area contributed by atoms with Crippen molar-refractivity contribution in [1.29, 1.82) is 0 Å². The van der Waals surface area contributed by atoms with E-state index >= 15 is 0 Å². The first-order valence-electron chi connectivity index (χ1n) is 7.56. The van der Waals surface area contributed by atoms with Crippen LogP contribution in [-0.4, -0.2) is 0 Å². The Balaban J connectivity index is 2.01. The molecule has 0 heteroatoms. The van der Waals surface area contributed by atoms with E-state index in [4.69, 9.17) is 0 Å². The molecule has 0 fully saturated rings. The summed E-state index contributed by atoms with van der Waals surface area (Å²) in [4.78, 5) is 0. The molecule has 0 bridgehead atoms. The molecule has 0 heterocycles. The van der Waals surface area contributed by atoms with E-state index in [1.165, 1.54) is 33.0 Å². The van der Waals surface area contributed by atoms with Crippen molar-refractivity contribution in [2.24, 2.45) is 0 Å². The highest BCUT2D eigenvalue weighted by Gasteiger charge is 2.09. The molecule has 0 aromatic heterocycles. The van der Waals surface area contributed by atoms with Crippen LogP contribution in [0.2, 0.25) is 0 Å². The number of benzene rings is 4. The van der Waals surface area contributed by atoms with Crippen molar-refractivity contribution in [3.8, 4) is 22.3 Å². The van der Waals surface area contributed by atoms with Crippen LogP contribution in [0.25, 0.3) is 33.0 Å². The molecule has 0 saturated carbocycles. The van der Waals surface area contributed by atoms with E-state index < -0.39 is 0 Å². The van der Waals surface area contributed by atoms with E-state index in [-0.39, 0.29) is 0 Å². The molecule has 0 amide bonds. The summed E-state index contributed by atoms with van der Waals surface area (Å²) in [5, 5.41) is 2.58. The smallest absolute Gasteiger partial charge is 0.00992 e. The van der Waals surface area contributed by atoms with Gasteiger partial charge >= 0.3 is 0 Å². The van der Waals surface area contributed by atoms with Crippen molar-refractivity contribution in [3.63, 3.8) is 0 Å². The van der Waals surface area contributed by atoms with Gasteiger partial charge < -0.3 is 0 Å². The van der Waals surface area contributed by atoms with Gasteiger partial charge in [-0.25, -0.2) is 0 Å². The van der Waals surface area contributed by atoms with Crippen LogP contribution in [0.3, 0.4) is 0 Å². The Morgan fingerprint density at radius 1 is 0.364 bits per heavy atom. The second-order valence-electron chi connectivity index (χ2n) is 5.44. The lowest BCUT2D eigenvalue weighted by Crippen LogP contribution is -1.86. The first-order chi connectivity index (χ1) is 10.9. The Hall–Kier alpha value is -2.86. The highest BCUT2D eigenvalue weighted by molar-refractivity contribution is 6.00. The molecule has 4 aromatic rings. The quantitative estimate of drug-likeness (QED) is 0.411. The molecular formula is C22H16. The van der Waals surface area contributed by atoms with E-state index in [0.717, 1.165) is 0 Å². The van der Waals surface area contributed by atoms with Crippen LogP contribution in [0.5, 0.6) is 0 Å². The van der Waals surface area contributed by atoms with Crippen LogP contribution in [0, 0.1) is 0 Å². The van der Waals surface area contributed by atoms with Gasteiger partial charge in [0.2, 0.25) is 0 Å². The highest BCUT2D eigenvalue weighted by atomic mass is 14.1. The Morgan fingerprint density at radius 3 is 1.82 bits per heavy atom. The fourth-order valence-corrected chi connectivity index (χ4v) is 3.05. The van der Waals surface area contributed by atoms with E-state index in [1.54, 1.807) is 0 Å². The van der Waals surface area contributed by atoms with Gasteiger partial charge in [0, 0.05) is 0 Å². The van der Waals surface area contributed by atoms with Crippen LogP contribution in [-0.2, 0) is 0 Å². The lowest BCUT2D eigenvalue weighted by molar-refractivity contribution is 1.60. The van der Waals surface area contributed by atoms with Crippen molar-refractivity contribution >= 4 is 10.8 Å². The maximum atomic E-state index is 2.21. The molecule has 0 N–H and O–H groups in total. The largest absolute Gasteiger partial charge is 0.0622 e. The summed E-state index contributed by atoms with van der Waals surface area (Å²) >= 11 is 0. The number of hydrogen-bond donors (Lipinski definition) is 0. The molecule has 0 aliphatic heterocycles. The van der Waals surface area contributed by atoms with E-state index in [9.17, 15) is 0 Å². The second-order valence-corrected chi connectivity index (χ2v) is 5.44. The van der Waals surface area contributed by atoms with Crippen LogP contribution in [0.1, 0.15) is 0 Å². The van der Waals surface area contributed by atoms with Gasteiger partial charge in [0.1, 0.15) is 0 Å². The van der Waals surface area contributed by atoms with Crippen molar-refractivity contribution in [2.45, 2.75) is 0 Å². The SMILES string of the molecule is c1ccc(-c2ccccc2-c2cccc3ccccc23)cc1. The van der Waals surface area contributed by atoms with Crippen LogP contribution < -0.4 is 0 Å². The minimum atomic E-state index is 1.26. The Kier molecular flexibility index (Phi) is 3.21. The van der Waals surface area contributed by atoms with Crippen LogP contribution in [0.4, 0.5) is 0 Å². The average molecular weight is 280 g/mol. The zero-order chi connectivity index (χ0) is 14.8. The maximum Gasteiger partial charge on any atom is -0.00992 e. The standard InChI is InChI=1S/C22H16/c1-2-9-17(10-3-1)19-14-6-7-15-21(19)22-16-8-12-18-11-4-5-13-20(18)22/h1-16H. The summed E-state index contributed by atoms with van der Waals surface area (Å²) in [7, 11) is 0. The molecule has 0 nitrogen and oxygen atoms in total. The van der Waals surface area contributed by atoms with Crippen molar-refractivity contribution in [3.05, 3.63) is 97.1 Å². The maximum absolute atomic E-state index is 2.21. The molecular weight excluding hydrogens is 264 g/mol. The Morgan fingerprint density at radius 2 is 0.955 bits per heavy atom. The molecule has 22 heavy (non-hydrogen) atoms. The summed E-state index contributed by atoms with van der Waals surface area (Å²) in [6, 6.07) is 34.3. The van der Waals surface area contributed by atoms with E-state index in [2.05, 4.69) is 97.1 Å². The minimum absolute atomic E-state index is 1.26. The first-order valence-corrected chi connectivity index (χ1v) is 7.56. The molecule has 0 saturated heterocycles. The van der Waals surface area contributed by atoms with Crippen LogP contribution in [0.15, 0.2) is 97.1 Å². The van der Waals surface area contributed by atoms with Crippen molar-refractivity contribution in [2.75, 3.05) is 0 Å². The second kappa shape index (κ2) is 5.50. The minimum Gasteiger partial charge on any atom is -0.0622 e. The number of rotatable bonds is 2. The predicted octanol–water partition coefficient (Wildman–Crippen LogP) is 6.17. The molecule has 0 unspecified atom stereocenters. The molecule has 4 rings (SSSR count). The third kappa shape index (κ3) is 2.19. The molecule has 0 atom stereocenters. The topological polar surface area (TPSA) is 0 Å². The van der Waals surface area contributed by atoms with Gasteiger partial charge in [-0.2, -0.15) is 0 Å². The summed E-state index contributed by atoms with van der Waals surface area (Å²) in [5.41, 5.74) is 5.11. The highest BCUT2D eigenvalue weighted by Crippen LogP contribution is 2.35. The van der Waals surface area contributed by atoms with Gasteiger partial charge in [0.05, 0.1) is 0 Å². The van der Waals surface area contributed by atoms with Gasteiger partial charge in [-0.3, -0.25) is 0 Å². The zero-order valence-corrected chi connectivity index (χ0v) is 12.2. The lowest BCUT2D eigenvalue weighted by atomic mass is 9.91. The normalized spacial score (nSPS) is 10.7. The van der Waals surface area contributed by atoms with Crippen molar-refractivity contribution < 1.29 is 0 Å². The van der Waals surface area contributed by atoms with Gasteiger partial charge in [-0.1, -0.05) is 97.1 Å². The fourth-order valence-electron chi connectivity index (χ4n) is 3.05. The third-order valence-electron chi connectivity index (χ3n) is 4.09. The van der Waals surface area contributed by atoms with Gasteiger partial charge in [-0.05, 0) is 33.0 Å². The fraction of sp³-hybridized carbons (Fsp3) is 0. The molecule has 0 aliphatic carbocycles. The Labute approximate surface area is 130 Å². The third-order valence-corrected chi connectivity index (χ3v) is 4.09. The number of hydrogen-bond acceptors (Lipinski definition) is 0. The molecule has 0 spiro atoms. The predicted molar refractivity (Wildman–Crippen MR) is 94.8 cm³/mol. The summed E-state index contributed by atoms with van der Waals surface area (Å²) in [5.74, 6) is 0. The van der Waals surface area contributed by atoms with Crippen molar-refractivity contribution in [1.82, 2.24) is 0 Å². The summed E-state index contributed by atoms with van der Waals surface area (Å²) in [6.07, 6.45) is 0. The van der Waals surface area contributed by atoms with E-state index in [0.29, 0.717) is 0 Å². The number of fused-ring (bicyclic) bond motifs is 1. The molecule has 0 aliphatic rings. The Bertz CT molecular complexity index is 915. The summed E-state index contributed by atoms with van der Waals surface area (Å²) in [6.45, 7) is 0. The zero-order valence-electron chi connectivity index (χ0n) is 12.2.